The number of hydrogen-bond donors (Lipinski definition) is 1. The Hall–Kier alpha value is -2.15. The molecule has 0 aromatic carbocycles. The molecule has 0 unspecified atom stereocenters. The van der Waals surface area contributed by atoms with Crippen molar-refractivity contribution < 1.29 is 9.15 Å². The van der Waals surface area contributed by atoms with Crippen LogP contribution in [0.5, 0.6) is 0 Å². The minimum Gasteiger partial charge on any atom is -0.405 e. The Morgan fingerprint density at radius 2 is 2.14 bits per heavy atom. The molecule has 0 bridgehead atoms. The molecule has 3 rings (SSSR count). The summed E-state index contributed by atoms with van der Waals surface area (Å²) in [6.07, 6.45) is 3.98. The molecule has 2 heterocycles. The van der Waals surface area contributed by atoms with E-state index in [0.717, 1.165) is 11.0 Å². The van der Waals surface area contributed by atoms with Crippen LogP contribution in [-0.4, -0.2) is 23.3 Å². The van der Waals surface area contributed by atoms with Gasteiger partial charge in [0.05, 0.1) is 13.2 Å². The Kier molecular flexibility index (Phi) is 3.98. The van der Waals surface area contributed by atoms with Gasteiger partial charge in [-0.1, -0.05) is 12.8 Å². The summed E-state index contributed by atoms with van der Waals surface area (Å²) in [5.41, 5.74) is -0.988. The van der Waals surface area contributed by atoms with Gasteiger partial charge in [0, 0.05) is 13.2 Å². The minimum atomic E-state index is -0.600. The molecule has 0 spiro atoms. The van der Waals surface area contributed by atoms with E-state index in [0.29, 0.717) is 17.9 Å². The third-order valence-electron chi connectivity index (χ3n) is 4.01. The van der Waals surface area contributed by atoms with Crippen LogP contribution in [-0.2, 0) is 17.7 Å². The van der Waals surface area contributed by atoms with Crippen LogP contribution in [0.3, 0.4) is 0 Å². The number of aromatic amines is 1. The van der Waals surface area contributed by atoms with Crippen LogP contribution in [0, 0.1) is 5.92 Å². The highest BCUT2D eigenvalue weighted by Crippen LogP contribution is 2.33. The highest BCUT2D eigenvalue weighted by Gasteiger charge is 2.22. The molecule has 0 aliphatic heterocycles. The number of nitrogens with zero attached hydrogens (tertiary/aromatic N) is 1. The van der Waals surface area contributed by atoms with Gasteiger partial charge in [-0.25, -0.2) is 9.59 Å². The maximum absolute atomic E-state index is 12.6. The molecule has 0 atom stereocenters. The fourth-order valence-corrected chi connectivity index (χ4v) is 2.60. The number of ether oxygens (including phenoxy) is 1. The van der Waals surface area contributed by atoms with Gasteiger partial charge in [-0.3, -0.25) is 14.3 Å². The zero-order valence-corrected chi connectivity index (χ0v) is 12.4. The zero-order valence-electron chi connectivity index (χ0n) is 12.4. The van der Waals surface area contributed by atoms with Crippen LogP contribution < -0.4 is 16.9 Å². The summed E-state index contributed by atoms with van der Waals surface area (Å²) in [4.78, 5) is 38.6. The predicted octanol–water partition coefficient (Wildman–Crippen LogP) is 0.632. The lowest BCUT2D eigenvalue weighted by atomic mass is 10.1. The first-order valence-electron chi connectivity index (χ1n) is 7.39. The van der Waals surface area contributed by atoms with E-state index in [1.165, 1.54) is 26.0 Å². The summed E-state index contributed by atoms with van der Waals surface area (Å²) >= 11 is 0. The molecule has 1 aliphatic carbocycles. The second kappa shape index (κ2) is 5.92. The van der Waals surface area contributed by atoms with Crippen molar-refractivity contribution in [3.05, 3.63) is 42.9 Å². The van der Waals surface area contributed by atoms with Crippen molar-refractivity contribution in [2.45, 2.75) is 32.2 Å². The number of aromatic nitrogens is 2. The molecule has 1 fully saturated rings. The summed E-state index contributed by atoms with van der Waals surface area (Å²) in [5.74, 6) is 0.681. The van der Waals surface area contributed by atoms with Crippen molar-refractivity contribution in [1.82, 2.24) is 9.55 Å². The molecule has 0 radical (unpaired) electrons. The van der Waals surface area contributed by atoms with E-state index in [9.17, 15) is 14.4 Å². The Labute approximate surface area is 125 Å². The number of methoxy groups -OCH3 is 1. The molecule has 0 amide bonds. The van der Waals surface area contributed by atoms with E-state index in [1.807, 2.05) is 0 Å². The summed E-state index contributed by atoms with van der Waals surface area (Å²) in [5, 5.41) is 0.288. The van der Waals surface area contributed by atoms with E-state index in [-0.39, 0.29) is 24.3 Å². The van der Waals surface area contributed by atoms with Crippen LogP contribution in [0.25, 0.3) is 11.1 Å². The van der Waals surface area contributed by atoms with Crippen LogP contribution in [0.15, 0.2) is 24.9 Å². The molecule has 2 aromatic rings. The lowest BCUT2D eigenvalue weighted by molar-refractivity contribution is 0.185. The van der Waals surface area contributed by atoms with E-state index in [2.05, 4.69) is 4.98 Å². The van der Waals surface area contributed by atoms with E-state index in [1.54, 1.807) is 0 Å². The van der Waals surface area contributed by atoms with Crippen LogP contribution >= 0.6 is 0 Å². The van der Waals surface area contributed by atoms with Crippen LogP contribution in [0.4, 0.5) is 0 Å². The van der Waals surface area contributed by atoms with E-state index >= 15 is 0 Å². The Bertz CT molecular complexity index is 857. The summed E-state index contributed by atoms with van der Waals surface area (Å²) < 4.78 is 11.0. The van der Waals surface area contributed by atoms with Gasteiger partial charge >= 0.3 is 11.3 Å². The van der Waals surface area contributed by atoms with Gasteiger partial charge in [-0.2, -0.15) is 0 Å². The van der Waals surface area contributed by atoms with Gasteiger partial charge in [0.2, 0.25) is 5.71 Å². The van der Waals surface area contributed by atoms with Crippen molar-refractivity contribution in [1.29, 1.82) is 0 Å². The number of nitrogens with one attached hydrogen (secondary N) is 1. The third-order valence-corrected chi connectivity index (χ3v) is 4.01. The first kappa shape index (κ1) is 14.8. The third kappa shape index (κ3) is 2.89. The fraction of sp³-hybridized carbons (Fsp3) is 0.533. The lowest BCUT2D eigenvalue weighted by Crippen LogP contribution is -2.37. The SMILES string of the molecule is COCCn1c(=O)[nH]c2oc(=O)cc(CCC3CC3)c2c1=O. The minimum absolute atomic E-state index is 0.0398. The molecule has 1 saturated carbocycles. The topological polar surface area (TPSA) is 94.3 Å². The monoisotopic (exact) mass is 306 g/mol. The number of aryl methyl sites for hydroxylation is 1. The second-order valence-electron chi connectivity index (χ2n) is 5.66. The van der Waals surface area contributed by atoms with Gasteiger partial charge in [0.25, 0.3) is 5.56 Å². The highest BCUT2D eigenvalue weighted by molar-refractivity contribution is 5.75. The maximum Gasteiger partial charge on any atom is 0.337 e. The Balaban J connectivity index is 2.14. The fourth-order valence-electron chi connectivity index (χ4n) is 2.60. The van der Waals surface area contributed by atoms with Gasteiger partial charge in [-0.05, 0) is 24.3 Å². The zero-order chi connectivity index (χ0) is 15.7. The molecule has 118 valence electrons. The molecule has 7 nitrogen and oxygen atoms in total. The molecule has 1 N–H and O–H groups in total. The average Bonchev–Trinajstić information content (AvgIpc) is 3.28. The van der Waals surface area contributed by atoms with Crippen molar-refractivity contribution in [2.75, 3.05) is 13.7 Å². The average molecular weight is 306 g/mol. The predicted molar refractivity (Wildman–Crippen MR) is 80.3 cm³/mol. The number of H-pyrrole nitrogens is 1. The van der Waals surface area contributed by atoms with Gasteiger partial charge in [-0.15, -0.1) is 0 Å². The molecule has 2 aromatic heterocycles. The Morgan fingerprint density at radius 1 is 1.36 bits per heavy atom. The summed E-state index contributed by atoms with van der Waals surface area (Å²) in [7, 11) is 1.50. The van der Waals surface area contributed by atoms with Gasteiger partial charge in [0.1, 0.15) is 5.39 Å². The van der Waals surface area contributed by atoms with Gasteiger partial charge < -0.3 is 9.15 Å². The first-order chi connectivity index (χ1) is 10.6. The summed E-state index contributed by atoms with van der Waals surface area (Å²) in [6, 6.07) is 1.35. The van der Waals surface area contributed by atoms with Crippen molar-refractivity contribution in [3.63, 3.8) is 0 Å². The van der Waals surface area contributed by atoms with Crippen LogP contribution in [0.1, 0.15) is 24.8 Å². The van der Waals surface area contributed by atoms with E-state index < -0.39 is 16.9 Å². The van der Waals surface area contributed by atoms with E-state index in [4.69, 9.17) is 9.15 Å². The number of hydrogen-bond acceptors (Lipinski definition) is 5. The molecular weight excluding hydrogens is 288 g/mol. The first-order valence-corrected chi connectivity index (χ1v) is 7.39. The standard InChI is InChI=1S/C15H18N2O5/c1-21-7-6-17-14(19)12-10(5-4-9-2-3-9)8-11(18)22-13(12)16-15(17)20/h8-9H,2-7H2,1H3,(H,16,20). The maximum atomic E-state index is 12.6. The summed E-state index contributed by atoms with van der Waals surface area (Å²) in [6.45, 7) is 0.407. The van der Waals surface area contributed by atoms with Crippen LogP contribution in [0.2, 0.25) is 0 Å². The highest BCUT2D eigenvalue weighted by atomic mass is 16.5. The quantitative estimate of drug-likeness (QED) is 0.845. The molecule has 7 heteroatoms. The lowest BCUT2D eigenvalue weighted by Gasteiger charge is -2.08. The molecule has 22 heavy (non-hydrogen) atoms. The normalized spacial score (nSPS) is 14.6. The molecule has 0 saturated heterocycles. The number of rotatable bonds is 6. The largest absolute Gasteiger partial charge is 0.405 e. The van der Waals surface area contributed by atoms with Crippen molar-refractivity contribution in [3.8, 4) is 0 Å². The molecular formula is C15H18N2O5. The smallest absolute Gasteiger partial charge is 0.337 e. The Morgan fingerprint density at radius 3 is 2.82 bits per heavy atom. The number of fused-ring (bicyclic) bond motifs is 1. The second-order valence-corrected chi connectivity index (χ2v) is 5.66. The van der Waals surface area contributed by atoms with Crippen molar-refractivity contribution >= 4 is 11.1 Å². The van der Waals surface area contributed by atoms with Crippen molar-refractivity contribution in [2.24, 2.45) is 5.92 Å². The van der Waals surface area contributed by atoms with Gasteiger partial charge in [0.15, 0.2) is 0 Å². The molecule has 1 aliphatic rings.